The van der Waals surface area contributed by atoms with Gasteiger partial charge in [0.2, 0.25) is 0 Å². The molecule has 3 heteroatoms. The number of hydrogen-bond acceptors (Lipinski definition) is 1. The summed E-state index contributed by atoms with van der Waals surface area (Å²) in [4.78, 5) is 0. The summed E-state index contributed by atoms with van der Waals surface area (Å²) in [5, 5.41) is 3.52. The monoisotopic (exact) mass is 225 g/mol. The fourth-order valence-corrected chi connectivity index (χ4v) is 1.45. The van der Waals surface area contributed by atoms with E-state index in [4.69, 9.17) is 11.6 Å². The quantitative estimate of drug-likeness (QED) is 0.830. The first-order valence-corrected chi connectivity index (χ1v) is 5.48. The van der Waals surface area contributed by atoms with Crippen LogP contribution in [0.1, 0.15) is 18.4 Å². The second-order valence-electron chi connectivity index (χ2n) is 3.76. The van der Waals surface area contributed by atoms with Crippen molar-refractivity contribution >= 4 is 17.7 Å². The number of nitrogens with one attached hydrogen (secondary N) is 1. The summed E-state index contributed by atoms with van der Waals surface area (Å²) >= 11 is 5.58. The molecule has 1 aromatic carbocycles. The first-order chi connectivity index (χ1) is 7.25. The van der Waals surface area contributed by atoms with E-state index >= 15 is 0 Å². The van der Waals surface area contributed by atoms with Gasteiger partial charge in [0.1, 0.15) is 5.82 Å². The van der Waals surface area contributed by atoms with Gasteiger partial charge < -0.3 is 5.32 Å². The van der Waals surface area contributed by atoms with Crippen LogP contribution in [0.2, 0.25) is 5.02 Å². The standard InChI is InChI=1S/C12H13ClFN/c13-11-6-3-9(8-12(11)14)2-1-7-15-10-4-5-10/h1-3,6,8,10,15H,4-5,7H2. The number of benzene rings is 1. The number of halogens is 2. The maximum Gasteiger partial charge on any atom is 0.142 e. The summed E-state index contributed by atoms with van der Waals surface area (Å²) in [6, 6.07) is 5.52. The molecule has 0 aliphatic heterocycles. The Kier molecular flexibility index (Phi) is 3.39. The fraction of sp³-hybridized carbons (Fsp3) is 0.333. The highest BCUT2D eigenvalue weighted by atomic mass is 35.5. The van der Waals surface area contributed by atoms with Crippen molar-refractivity contribution in [3.8, 4) is 0 Å². The van der Waals surface area contributed by atoms with Crippen LogP contribution in [0.4, 0.5) is 4.39 Å². The second-order valence-corrected chi connectivity index (χ2v) is 4.17. The molecule has 0 saturated heterocycles. The molecule has 1 fully saturated rings. The molecule has 80 valence electrons. The van der Waals surface area contributed by atoms with Crippen LogP contribution in [0.3, 0.4) is 0 Å². The molecule has 0 aromatic heterocycles. The van der Waals surface area contributed by atoms with Crippen LogP contribution < -0.4 is 5.32 Å². The molecule has 0 heterocycles. The predicted molar refractivity (Wildman–Crippen MR) is 61.5 cm³/mol. The second kappa shape index (κ2) is 4.77. The Hall–Kier alpha value is -0.860. The van der Waals surface area contributed by atoms with E-state index in [-0.39, 0.29) is 10.8 Å². The molecule has 1 saturated carbocycles. The Labute approximate surface area is 93.9 Å². The van der Waals surface area contributed by atoms with Gasteiger partial charge in [0.15, 0.2) is 0 Å². The van der Waals surface area contributed by atoms with Crippen molar-refractivity contribution in [1.29, 1.82) is 0 Å². The van der Waals surface area contributed by atoms with Crippen LogP contribution in [-0.4, -0.2) is 12.6 Å². The first-order valence-electron chi connectivity index (χ1n) is 5.10. The Balaban J connectivity index is 1.88. The molecule has 0 atom stereocenters. The lowest BCUT2D eigenvalue weighted by Crippen LogP contribution is -2.15. The lowest BCUT2D eigenvalue weighted by molar-refractivity contribution is 0.628. The molecule has 1 aliphatic rings. The van der Waals surface area contributed by atoms with Crippen LogP contribution in [0.25, 0.3) is 6.08 Å². The Bertz CT molecular complexity index is 372. The summed E-state index contributed by atoms with van der Waals surface area (Å²) in [6.07, 6.45) is 6.46. The predicted octanol–water partition coefficient (Wildman–Crippen LogP) is 3.24. The Morgan fingerprint density at radius 3 is 2.93 bits per heavy atom. The van der Waals surface area contributed by atoms with E-state index in [9.17, 15) is 4.39 Å². The van der Waals surface area contributed by atoms with E-state index in [2.05, 4.69) is 5.32 Å². The van der Waals surface area contributed by atoms with Gasteiger partial charge in [-0.2, -0.15) is 0 Å². The van der Waals surface area contributed by atoms with Gasteiger partial charge in [0.25, 0.3) is 0 Å². The summed E-state index contributed by atoms with van der Waals surface area (Å²) in [7, 11) is 0. The molecule has 2 rings (SSSR count). The number of rotatable bonds is 4. The van der Waals surface area contributed by atoms with Gasteiger partial charge in [0.05, 0.1) is 5.02 Å². The van der Waals surface area contributed by atoms with Crippen molar-refractivity contribution in [2.45, 2.75) is 18.9 Å². The third kappa shape index (κ3) is 3.33. The van der Waals surface area contributed by atoms with E-state index < -0.39 is 0 Å². The molecular formula is C12H13ClFN. The van der Waals surface area contributed by atoms with Crippen molar-refractivity contribution in [1.82, 2.24) is 5.32 Å². The average molecular weight is 226 g/mol. The van der Waals surface area contributed by atoms with Gasteiger partial charge in [-0.3, -0.25) is 0 Å². The van der Waals surface area contributed by atoms with Crippen LogP contribution in [0.5, 0.6) is 0 Å². The molecule has 1 aliphatic carbocycles. The molecular weight excluding hydrogens is 213 g/mol. The first kappa shape index (κ1) is 10.7. The smallest absolute Gasteiger partial charge is 0.142 e. The van der Waals surface area contributed by atoms with Crippen molar-refractivity contribution in [3.05, 3.63) is 40.7 Å². The highest BCUT2D eigenvalue weighted by Crippen LogP contribution is 2.18. The van der Waals surface area contributed by atoms with Gasteiger partial charge in [0, 0.05) is 12.6 Å². The molecule has 1 aromatic rings. The summed E-state index contributed by atoms with van der Waals surface area (Å²) in [5.74, 6) is -0.367. The highest BCUT2D eigenvalue weighted by Gasteiger charge is 2.18. The zero-order valence-electron chi connectivity index (χ0n) is 8.34. The summed E-state index contributed by atoms with van der Waals surface area (Å²) in [5.41, 5.74) is 0.842. The van der Waals surface area contributed by atoms with Crippen LogP contribution in [-0.2, 0) is 0 Å². The molecule has 0 spiro atoms. The van der Waals surface area contributed by atoms with Crippen LogP contribution in [0, 0.1) is 5.82 Å². The lowest BCUT2D eigenvalue weighted by atomic mass is 10.2. The van der Waals surface area contributed by atoms with Gasteiger partial charge in [-0.15, -0.1) is 0 Å². The molecule has 15 heavy (non-hydrogen) atoms. The van der Waals surface area contributed by atoms with Crippen molar-refractivity contribution in [2.24, 2.45) is 0 Å². The van der Waals surface area contributed by atoms with Crippen LogP contribution in [0.15, 0.2) is 24.3 Å². The normalized spacial score (nSPS) is 16.1. The van der Waals surface area contributed by atoms with Crippen LogP contribution >= 0.6 is 11.6 Å². The minimum absolute atomic E-state index is 0.170. The minimum atomic E-state index is -0.367. The van der Waals surface area contributed by atoms with Crippen molar-refractivity contribution < 1.29 is 4.39 Å². The van der Waals surface area contributed by atoms with Gasteiger partial charge in [-0.25, -0.2) is 4.39 Å². The zero-order valence-corrected chi connectivity index (χ0v) is 9.10. The van der Waals surface area contributed by atoms with Crippen molar-refractivity contribution in [3.63, 3.8) is 0 Å². The van der Waals surface area contributed by atoms with E-state index in [0.717, 1.165) is 12.1 Å². The fourth-order valence-electron chi connectivity index (χ4n) is 1.33. The Morgan fingerprint density at radius 2 is 2.27 bits per heavy atom. The molecule has 0 radical (unpaired) electrons. The van der Waals surface area contributed by atoms with E-state index in [1.54, 1.807) is 12.1 Å². The van der Waals surface area contributed by atoms with Gasteiger partial charge in [-0.05, 0) is 30.5 Å². The van der Waals surface area contributed by atoms with Crippen molar-refractivity contribution in [2.75, 3.05) is 6.54 Å². The average Bonchev–Trinajstić information content (AvgIpc) is 3.02. The van der Waals surface area contributed by atoms with Gasteiger partial charge >= 0.3 is 0 Å². The maximum absolute atomic E-state index is 13.0. The third-order valence-electron chi connectivity index (χ3n) is 2.36. The van der Waals surface area contributed by atoms with E-state index in [0.29, 0.717) is 6.04 Å². The molecule has 1 N–H and O–H groups in total. The number of hydrogen-bond donors (Lipinski definition) is 1. The molecule has 0 unspecified atom stereocenters. The highest BCUT2D eigenvalue weighted by molar-refractivity contribution is 6.30. The van der Waals surface area contributed by atoms with E-state index in [1.165, 1.54) is 18.9 Å². The SMILES string of the molecule is Fc1cc(C=CCNC2CC2)ccc1Cl. The Morgan fingerprint density at radius 1 is 1.47 bits per heavy atom. The molecule has 1 nitrogen and oxygen atoms in total. The summed E-state index contributed by atoms with van der Waals surface area (Å²) in [6.45, 7) is 0.842. The minimum Gasteiger partial charge on any atom is -0.311 e. The third-order valence-corrected chi connectivity index (χ3v) is 2.66. The molecule has 0 bridgehead atoms. The summed E-state index contributed by atoms with van der Waals surface area (Å²) < 4.78 is 13.0. The largest absolute Gasteiger partial charge is 0.311 e. The zero-order chi connectivity index (χ0) is 10.7. The topological polar surface area (TPSA) is 12.0 Å². The maximum atomic E-state index is 13.0. The van der Waals surface area contributed by atoms with E-state index in [1.807, 2.05) is 12.2 Å². The van der Waals surface area contributed by atoms with Gasteiger partial charge in [-0.1, -0.05) is 29.8 Å². The molecule has 0 amide bonds. The lowest BCUT2D eigenvalue weighted by Gasteiger charge is -1.97.